The lowest BCUT2D eigenvalue weighted by atomic mass is 10.2. The first kappa shape index (κ1) is 16.7. The van der Waals surface area contributed by atoms with Crippen LogP contribution in [0.3, 0.4) is 0 Å². The van der Waals surface area contributed by atoms with E-state index in [2.05, 4.69) is 0 Å². The number of nitrogens with zero attached hydrogens (tertiary/aromatic N) is 2. The summed E-state index contributed by atoms with van der Waals surface area (Å²) in [5.41, 5.74) is 1.73. The van der Waals surface area contributed by atoms with Crippen LogP contribution in [0.1, 0.15) is 11.1 Å². The predicted octanol–water partition coefficient (Wildman–Crippen LogP) is 3.92. The van der Waals surface area contributed by atoms with Crippen LogP contribution >= 0.6 is 11.6 Å². The Morgan fingerprint density at radius 2 is 1.78 bits per heavy atom. The van der Waals surface area contributed by atoms with E-state index in [1.54, 1.807) is 42.3 Å². The third-order valence-electron chi connectivity index (χ3n) is 3.23. The summed E-state index contributed by atoms with van der Waals surface area (Å²) < 4.78 is 0. The molecule has 118 valence electrons. The van der Waals surface area contributed by atoms with Crippen LogP contribution in [0.4, 0.5) is 5.69 Å². The highest BCUT2D eigenvalue weighted by molar-refractivity contribution is 6.30. The van der Waals surface area contributed by atoms with Crippen molar-refractivity contribution in [3.05, 3.63) is 80.9 Å². The van der Waals surface area contributed by atoms with Crippen LogP contribution in [0, 0.1) is 10.1 Å². The largest absolute Gasteiger partial charge is 0.338 e. The molecule has 0 spiro atoms. The van der Waals surface area contributed by atoms with Crippen molar-refractivity contribution in [1.82, 2.24) is 4.90 Å². The van der Waals surface area contributed by atoms with E-state index in [4.69, 9.17) is 11.6 Å². The third kappa shape index (κ3) is 4.93. The van der Waals surface area contributed by atoms with Gasteiger partial charge >= 0.3 is 0 Å². The minimum absolute atomic E-state index is 0.0216. The first-order chi connectivity index (χ1) is 11.0. The molecule has 5 nitrogen and oxygen atoms in total. The fourth-order valence-corrected chi connectivity index (χ4v) is 2.07. The van der Waals surface area contributed by atoms with Gasteiger partial charge in [-0.2, -0.15) is 0 Å². The highest BCUT2D eigenvalue weighted by atomic mass is 35.5. The van der Waals surface area contributed by atoms with E-state index in [1.807, 2.05) is 12.1 Å². The fraction of sp³-hybridized carbons (Fsp3) is 0.118. The molecule has 0 N–H and O–H groups in total. The van der Waals surface area contributed by atoms with Gasteiger partial charge in [0.25, 0.3) is 5.69 Å². The zero-order chi connectivity index (χ0) is 16.8. The lowest BCUT2D eigenvalue weighted by Crippen LogP contribution is -2.24. The number of rotatable bonds is 5. The van der Waals surface area contributed by atoms with Crippen LogP contribution in [0.2, 0.25) is 5.02 Å². The van der Waals surface area contributed by atoms with Gasteiger partial charge in [-0.1, -0.05) is 23.7 Å². The van der Waals surface area contributed by atoms with E-state index in [-0.39, 0.29) is 11.6 Å². The van der Waals surface area contributed by atoms with Gasteiger partial charge in [0.15, 0.2) is 0 Å². The summed E-state index contributed by atoms with van der Waals surface area (Å²) in [6.07, 6.45) is 3.07. The quantitative estimate of drug-likeness (QED) is 0.474. The van der Waals surface area contributed by atoms with E-state index < -0.39 is 4.92 Å². The molecule has 23 heavy (non-hydrogen) atoms. The molecule has 0 saturated heterocycles. The smallest absolute Gasteiger partial charge is 0.269 e. The van der Waals surface area contributed by atoms with Crippen LogP contribution in [0.5, 0.6) is 0 Å². The molecular weight excluding hydrogens is 316 g/mol. The van der Waals surface area contributed by atoms with Crippen LogP contribution in [0.25, 0.3) is 6.08 Å². The van der Waals surface area contributed by atoms with E-state index in [9.17, 15) is 14.9 Å². The number of hydrogen-bond acceptors (Lipinski definition) is 3. The normalized spacial score (nSPS) is 10.7. The van der Waals surface area contributed by atoms with Gasteiger partial charge in [-0.3, -0.25) is 14.9 Å². The van der Waals surface area contributed by atoms with Crippen molar-refractivity contribution < 1.29 is 9.72 Å². The van der Waals surface area contributed by atoms with E-state index in [1.165, 1.54) is 18.2 Å². The summed E-state index contributed by atoms with van der Waals surface area (Å²) in [7, 11) is 1.71. The molecule has 0 fully saturated rings. The Morgan fingerprint density at radius 1 is 1.17 bits per heavy atom. The Hall–Kier alpha value is -2.66. The molecule has 2 rings (SSSR count). The standard InChI is InChI=1S/C17H15ClN2O3/c1-19(12-14-2-7-15(18)8-3-14)17(21)11-6-13-4-9-16(10-5-13)20(22)23/h2-11H,12H2,1H3/b11-6+. The number of likely N-dealkylation sites (N-methyl/N-ethyl adjacent to an activating group) is 1. The second-order valence-electron chi connectivity index (χ2n) is 5.00. The lowest BCUT2D eigenvalue weighted by Gasteiger charge is -2.15. The molecule has 0 aliphatic heterocycles. The third-order valence-corrected chi connectivity index (χ3v) is 3.48. The Kier molecular flexibility index (Phi) is 5.49. The molecule has 0 saturated carbocycles. The van der Waals surface area contributed by atoms with Crippen LogP contribution < -0.4 is 0 Å². The molecule has 2 aromatic carbocycles. The number of nitro groups is 1. The summed E-state index contributed by atoms with van der Waals surface area (Å²) in [5.74, 6) is -0.154. The Labute approximate surface area is 139 Å². The predicted molar refractivity (Wildman–Crippen MR) is 90.1 cm³/mol. The molecule has 6 heteroatoms. The average Bonchev–Trinajstić information content (AvgIpc) is 2.55. The van der Waals surface area contributed by atoms with Crippen molar-refractivity contribution in [2.75, 3.05) is 7.05 Å². The highest BCUT2D eigenvalue weighted by Crippen LogP contribution is 2.14. The van der Waals surface area contributed by atoms with Crippen molar-refractivity contribution in [3.63, 3.8) is 0 Å². The molecule has 0 unspecified atom stereocenters. The molecule has 0 aliphatic rings. The van der Waals surface area contributed by atoms with Crippen molar-refractivity contribution in [2.24, 2.45) is 0 Å². The van der Waals surface area contributed by atoms with Crippen LogP contribution in [-0.4, -0.2) is 22.8 Å². The Balaban J connectivity index is 1.97. The number of amides is 1. The molecule has 0 radical (unpaired) electrons. The summed E-state index contributed by atoms with van der Waals surface area (Å²) >= 11 is 5.83. The molecular formula is C17H15ClN2O3. The number of halogens is 1. The fourth-order valence-electron chi connectivity index (χ4n) is 1.94. The molecule has 0 aromatic heterocycles. The van der Waals surface area contributed by atoms with Crippen molar-refractivity contribution in [1.29, 1.82) is 0 Å². The van der Waals surface area contributed by atoms with E-state index >= 15 is 0 Å². The summed E-state index contributed by atoms with van der Waals surface area (Å²) in [5, 5.41) is 11.2. The summed E-state index contributed by atoms with van der Waals surface area (Å²) in [6, 6.07) is 13.3. The van der Waals surface area contributed by atoms with Crippen molar-refractivity contribution >= 4 is 29.3 Å². The number of carbonyl (C=O) groups is 1. The first-order valence-electron chi connectivity index (χ1n) is 6.88. The van der Waals surface area contributed by atoms with Gasteiger partial charge in [0.1, 0.15) is 0 Å². The molecule has 0 heterocycles. The number of nitro benzene ring substituents is 1. The second kappa shape index (κ2) is 7.56. The molecule has 0 aliphatic carbocycles. The van der Waals surface area contributed by atoms with Crippen LogP contribution in [-0.2, 0) is 11.3 Å². The number of benzene rings is 2. The minimum atomic E-state index is -0.460. The van der Waals surface area contributed by atoms with Gasteiger partial charge in [-0.25, -0.2) is 0 Å². The maximum Gasteiger partial charge on any atom is 0.269 e. The summed E-state index contributed by atoms with van der Waals surface area (Å²) in [4.78, 5) is 23.8. The van der Waals surface area contributed by atoms with Crippen LogP contribution in [0.15, 0.2) is 54.6 Å². The SMILES string of the molecule is CN(Cc1ccc(Cl)cc1)C(=O)/C=C/c1ccc([N+](=O)[O-])cc1. The van der Waals surface area contributed by atoms with Gasteiger partial charge in [0.2, 0.25) is 5.91 Å². The molecule has 0 atom stereocenters. The van der Waals surface area contributed by atoms with Crippen molar-refractivity contribution in [2.45, 2.75) is 6.54 Å². The van der Waals surface area contributed by atoms with Gasteiger partial charge in [0, 0.05) is 36.8 Å². The number of non-ortho nitro benzene ring substituents is 1. The Bertz CT molecular complexity index is 725. The van der Waals surface area contributed by atoms with Gasteiger partial charge < -0.3 is 4.90 Å². The van der Waals surface area contributed by atoms with E-state index in [0.717, 1.165) is 11.1 Å². The second-order valence-corrected chi connectivity index (χ2v) is 5.44. The Morgan fingerprint density at radius 3 is 2.35 bits per heavy atom. The molecule has 2 aromatic rings. The number of hydrogen-bond donors (Lipinski definition) is 0. The van der Waals surface area contributed by atoms with Gasteiger partial charge in [0.05, 0.1) is 4.92 Å². The minimum Gasteiger partial charge on any atom is -0.338 e. The number of carbonyl (C=O) groups excluding carboxylic acids is 1. The van der Waals surface area contributed by atoms with Crippen molar-refractivity contribution in [3.8, 4) is 0 Å². The zero-order valence-corrected chi connectivity index (χ0v) is 13.2. The topological polar surface area (TPSA) is 63.5 Å². The molecule has 0 bridgehead atoms. The average molecular weight is 331 g/mol. The first-order valence-corrected chi connectivity index (χ1v) is 7.25. The van der Waals surface area contributed by atoms with Gasteiger partial charge in [-0.15, -0.1) is 0 Å². The maximum absolute atomic E-state index is 12.1. The monoisotopic (exact) mass is 330 g/mol. The highest BCUT2D eigenvalue weighted by Gasteiger charge is 2.06. The zero-order valence-electron chi connectivity index (χ0n) is 12.5. The van der Waals surface area contributed by atoms with E-state index in [0.29, 0.717) is 11.6 Å². The molecule has 1 amide bonds. The lowest BCUT2D eigenvalue weighted by molar-refractivity contribution is -0.384. The summed E-state index contributed by atoms with van der Waals surface area (Å²) in [6.45, 7) is 0.473. The van der Waals surface area contributed by atoms with Gasteiger partial charge in [-0.05, 0) is 41.5 Å². The maximum atomic E-state index is 12.1.